The van der Waals surface area contributed by atoms with Crippen LogP contribution in [0.1, 0.15) is 16.5 Å². The molecule has 0 saturated carbocycles. The number of carbonyl (C=O) groups is 2. The van der Waals surface area contributed by atoms with Crippen LogP contribution in [0, 0.1) is 0 Å². The van der Waals surface area contributed by atoms with E-state index in [0.717, 1.165) is 4.47 Å². The number of nitrogens with one attached hydrogen (secondary N) is 2. The minimum atomic E-state index is -0.539. The molecule has 0 radical (unpaired) electrons. The topological polar surface area (TPSA) is 124 Å². The van der Waals surface area contributed by atoms with E-state index in [9.17, 15) is 9.59 Å². The molecule has 0 aliphatic heterocycles. The van der Waals surface area contributed by atoms with E-state index in [1.807, 2.05) is 12.1 Å². The standard InChI is InChI=1S/C17H16BrClN6O4/c18-11-1-3-13(4-2-11)28-10-15(26)20-5-6-21-16(27)17-23-14(24-29-17)9-25-8-12(19)7-22-25/h1-4,7-8H,5-6,9-10H2,(H,20,26)(H,21,27). The van der Waals surface area contributed by atoms with Crippen molar-refractivity contribution in [3.8, 4) is 5.75 Å². The van der Waals surface area contributed by atoms with Gasteiger partial charge in [0.25, 0.3) is 5.91 Å². The fourth-order valence-corrected chi connectivity index (χ4v) is 2.59. The third-order valence-corrected chi connectivity index (χ3v) is 4.21. The lowest BCUT2D eigenvalue weighted by atomic mass is 10.3. The van der Waals surface area contributed by atoms with Crippen LogP contribution in [-0.2, 0) is 11.3 Å². The van der Waals surface area contributed by atoms with Crippen molar-refractivity contribution in [3.63, 3.8) is 0 Å². The van der Waals surface area contributed by atoms with Gasteiger partial charge >= 0.3 is 11.8 Å². The Balaban J connectivity index is 1.34. The van der Waals surface area contributed by atoms with Crippen molar-refractivity contribution < 1.29 is 18.8 Å². The van der Waals surface area contributed by atoms with Crippen LogP contribution < -0.4 is 15.4 Å². The van der Waals surface area contributed by atoms with Crippen LogP contribution in [0.15, 0.2) is 45.7 Å². The highest BCUT2D eigenvalue weighted by molar-refractivity contribution is 9.10. The predicted molar refractivity (Wildman–Crippen MR) is 106 cm³/mol. The van der Waals surface area contributed by atoms with Gasteiger partial charge in [-0.2, -0.15) is 10.1 Å². The molecule has 29 heavy (non-hydrogen) atoms. The number of hydrogen-bond acceptors (Lipinski definition) is 7. The van der Waals surface area contributed by atoms with E-state index < -0.39 is 5.91 Å². The van der Waals surface area contributed by atoms with Crippen LogP contribution in [0.5, 0.6) is 5.75 Å². The highest BCUT2D eigenvalue weighted by atomic mass is 79.9. The van der Waals surface area contributed by atoms with Gasteiger partial charge in [-0.25, -0.2) is 0 Å². The fraction of sp³-hybridized carbons (Fsp3) is 0.235. The lowest BCUT2D eigenvalue weighted by Crippen LogP contribution is -2.36. The molecule has 0 aliphatic carbocycles. The van der Waals surface area contributed by atoms with Gasteiger partial charge in [0.05, 0.1) is 11.2 Å². The molecule has 0 fully saturated rings. The van der Waals surface area contributed by atoms with E-state index in [-0.39, 0.29) is 43.9 Å². The van der Waals surface area contributed by atoms with Crippen LogP contribution >= 0.6 is 27.5 Å². The summed E-state index contributed by atoms with van der Waals surface area (Å²) in [5.41, 5.74) is 0. The molecule has 12 heteroatoms. The van der Waals surface area contributed by atoms with Crippen molar-refractivity contribution in [2.24, 2.45) is 0 Å². The molecule has 2 amide bonds. The number of halogens is 2. The van der Waals surface area contributed by atoms with E-state index in [2.05, 4.69) is 41.8 Å². The maximum Gasteiger partial charge on any atom is 0.316 e. The maximum absolute atomic E-state index is 12.0. The molecule has 0 unspecified atom stereocenters. The monoisotopic (exact) mass is 482 g/mol. The number of carbonyl (C=O) groups excluding carboxylic acids is 2. The third-order valence-electron chi connectivity index (χ3n) is 3.48. The number of ether oxygens (including phenoxy) is 1. The Morgan fingerprint density at radius 1 is 1.21 bits per heavy atom. The minimum absolute atomic E-state index is 0.125. The van der Waals surface area contributed by atoms with Crippen molar-refractivity contribution in [3.05, 3.63) is 57.9 Å². The largest absolute Gasteiger partial charge is 0.484 e. The number of nitrogens with zero attached hydrogens (tertiary/aromatic N) is 4. The van der Waals surface area contributed by atoms with Crippen LogP contribution in [0.25, 0.3) is 0 Å². The number of benzene rings is 1. The molecule has 1 aromatic carbocycles. The van der Waals surface area contributed by atoms with Gasteiger partial charge in [-0.15, -0.1) is 0 Å². The lowest BCUT2D eigenvalue weighted by Gasteiger charge is -2.07. The maximum atomic E-state index is 12.0. The minimum Gasteiger partial charge on any atom is -0.484 e. The van der Waals surface area contributed by atoms with Crippen molar-refractivity contribution in [1.82, 2.24) is 30.6 Å². The van der Waals surface area contributed by atoms with E-state index in [1.165, 1.54) is 10.9 Å². The highest BCUT2D eigenvalue weighted by Crippen LogP contribution is 2.15. The first kappa shape index (κ1) is 20.8. The second-order valence-electron chi connectivity index (χ2n) is 5.72. The van der Waals surface area contributed by atoms with Crippen molar-refractivity contribution in [1.29, 1.82) is 0 Å². The van der Waals surface area contributed by atoms with Crippen molar-refractivity contribution >= 4 is 39.3 Å². The molecule has 0 spiro atoms. The van der Waals surface area contributed by atoms with Gasteiger partial charge in [0.15, 0.2) is 12.4 Å². The van der Waals surface area contributed by atoms with Crippen molar-refractivity contribution in [2.45, 2.75) is 6.54 Å². The van der Waals surface area contributed by atoms with Crippen LogP contribution in [0.2, 0.25) is 5.02 Å². The summed E-state index contributed by atoms with van der Waals surface area (Å²) < 4.78 is 12.7. The zero-order chi connectivity index (χ0) is 20.6. The molecule has 152 valence electrons. The summed E-state index contributed by atoms with van der Waals surface area (Å²) in [4.78, 5) is 27.8. The Hall–Kier alpha value is -2.92. The van der Waals surface area contributed by atoms with Crippen LogP contribution in [0.4, 0.5) is 0 Å². The zero-order valence-corrected chi connectivity index (χ0v) is 17.3. The van der Waals surface area contributed by atoms with E-state index >= 15 is 0 Å². The second kappa shape index (κ2) is 10.0. The first-order valence-electron chi connectivity index (χ1n) is 8.43. The van der Waals surface area contributed by atoms with Crippen LogP contribution in [-0.4, -0.2) is 51.4 Å². The molecule has 3 aromatic rings. The second-order valence-corrected chi connectivity index (χ2v) is 7.07. The Morgan fingerprint density at radius 3 is 2.69 bits per heavy atom. The average molecular weight is 484 g/mol. The fourth-order valence-electron chi connectivity index (χ4n) is 2.16. The number of hydrogen-bond donors (Lipinski definition) is 2. The normalized spacial score (nSPS) is 10.6. The van der Waals surface area contributed by atoms with Gasteiger partial charge in [-0.05, 0) is 24.3 Å². The third kappa shape index (κ3) is 6.57. The summed E-state index contributed by atoms with van der Waals surface area (Å²) in [6.07, 6.45) is 3.08. The molecule has 2 heterocycles. The average Bonchev–Trinajstić information content (AvgIpc) is 3.34. The SMILES string of the molecule is O=C(COc1ccc(Br)cc1)NCCNC(=O)c1nc(Cn2cc(Cl)cn2)no1. The molecule has 2 N–H and O–H groups in total. The molecule has 10 nitrogen and oxygen atoms in total. The first-order chi connectivity index (χ1) is 14.0. The quantitative estimate of drug-likeness (QED) is 0.444. The van der Waals surface area contributed by atoms with Gasteiger partial charge < -0.3 is 19.9 Å². The van der Waals surface area contributed by atoms with Gasteiger partial charge in [0, 0.05) is 23.8 Å². The summed E-state index contributed by atoms with van der Waals surface area (Å²) in [5.74, 6) is -0.152. The summed E-state index contributed by atoms with van der Waals surface area (Å²) in [6, 6.07) is 7.13. The van der Waals surface area contributed by atoms with Crippen LogP contribution in [0.3, 0.4) is 0 Å². The molecule has 0 aliphatic rings. The van der Waals surface area contributed by atoms with Crippen molar-refractivity contribution in [2.75, 3.05) is 19.7 Å². The molecule has 3 rings (SSSR count). The smallest absolute Gasteiger partial charge is 0.316 e. The summed E-state index contributed by atoms with van der Waals surface area (Å²) >= 11 is 9.10. The molecule has 2 aromatic heterocycles. The Morgan fingerprint density at radius 2 is 1.97 bits per heavy atom. The van der Waals surface area contributed by atoms with Gasteiger partial charge in [-0.1, -0.05) is 32.7 Å². The Kier molecular flexibility index (Phi) is 7.19. The van der Waals surface area contributed by atoms with Gasteiger partial charge in [0.1, 0.15) is 12.3 Å². The van der Waals surface area contributed by atoms with E-state index in [1.54, 1.807) is 18.3 Å². The number of amides is 2. The number of rotatable bonds is 9. The van der Waals surface area contributed by atoms with Gasteiger partial charge in [-0.3, -0.25) is 14.3 Å². The van der Waals surface area contributed by atoms with E-state index in [0.29, 0.717) is 10.8 Å². The molecular weight excluding hydrogens is 468 g/mol. The van der Waals surface area contributed by atoms with E-state index in [4.69, 9.17) is 20.9 Å². The molecule has 0 saturated heterocycles. The summed E-state index contributed by atoms with van der Waals surface area (Å²) in [5, 5.41) is 13.4. The lowest BCUT2D eigenvalue weighted by molar-refractivity contribution is -0.123. The highest BCUT2D eigenvalue weighted by Gasteiger charge is 2.15. The zero-order valence-electron chi connectivity index (χ0n) is 15.0. The molecular formula is C17H16BrClN6O4. The molecule has 0 atom stereocenters. The Bertz CT molecular complexity index is 974. The predicted octanol–water partition coefficient (Wildman–Crippen LogP) is 1.66. The Labute approximate surface area is 178 Å². The summed E-state index contributed by atoms with van der Waals surface area (Å²) in [7, 11) is 0. The number of aromatic nitrogens is 4. The summed E-state index contributed by atoms with van der Waals surface area (Å²) in [6.45, 7) is 0.508. The van der Waals surface area contributed by atoms with Gasteiger partial charge in [0.2, 0.25) is 0 Å². The molecule has 0 bridgehead atoms. The first-order valence-corrected chi connectivity index (χ1v) is 9.60.